The molecule has 0 radical (unpaired) electrons. The fraction of sp³-hybridized carbons (Fsp3) is 0.160. The minimum Gasteiger partial charge on any atom is -0.507 e. The second-order valence-corrected chi connectivity index (χ2v) is 8.31. The maximum Gasteiger partial charge on any atom is 0.300 e. The number of benzene rings is 2. The monoisotopic (exact) mass is 498 g/mol. The van der Waals surface area contributed by atoms with E-state index in [1.54, 1.807) is 36.7 Å². The zero-order valence-electron chi connectivity index (χ0n) is 18.5. The van der Waals surface area contributed by atoms with Gasteiger partial charge in [0.1, 0.15) is 10.8 Å². The molecule has 3 aromatic rings. The normalized spacial score (nSPS) is 17.2. The van der Waals surface area contributed by atoms with Crippen molar-refractivity contribution in [3.05, 3.63) is 87.2 Å². The molecule has 0 saturated carbocycles. The summed E-state index contributed by atoms with van der Waals surface area (Å²) in [6.07, 6.45) is 3.10. The van der Waals surface area contributed by atoms with Crippen molar-refractivity contribution in [1.29, 1.82) is 0 Å². The summed E-state index contributed by atoms with van der Waals surface area (Å²) in [5.41, 5.74) is 1.85. The lowest BCUT2D eigenvalue weighted by molar-refractivity contribution is -0.132. The Morgan fingerprint density at radius 1 is 1.03 bits per heavy atom. The summed E-state index contributed by atoms with van der Waals surface area (Å²) >= 11 is 12.7. The third-order valence-electron chi connectivity index (χ3n) is 5.64. The van der Waals surface area contributed by atoms with E-state index in [0.29, 0.717) is 11.3 Å². The third-order valence-corrected chi connectivity index (χ3v) is 6.26. The highest BCUT2D eigenvalue weighted by Gasteiger charge is 2.47. The van der Waals surface area contributed by atoms with Crippen molar-refractivity contribution in [2.75, 3.05) is 19.1 Å². The molecule has 4 rings (SSSR count). The molecule has 1 atom stereocenters. The van der Waals surface area contributed by atoms with Crippen LogP contribution in [0, 0.1) is 6.92 Å². The van der Waals surface area contributed by atoms with Gasteiger partial charge in [-0.1, -0.05) is 41.4 Å². The van der Waals surface area contributed by atoms with E-state index in [1.807, 2.05) is 19.1 Å². The Kier molecular flexibility index (Phi) is 6.50. The first-order valence-corrected chi connectivity index (χ1v) is 10.9. The van der Waals surface area contributed by atoms with Crippen LogP contribution >= 0.6 is 23.2 Å². The Balaban J connectivity index is 2.03. The molecule has 174 valence electrons. The van der Waals surface area contributed by atoms with Gasteiger partial charge in [0, 0.05) is 18.1 Å². The first-order chi connectivity index (χ1) is 16.3. The number of Topliss-reactive ketones (excluding diaryl/α,β-unsaturated/α-hetero) is 1. The maximum atomic E-state index is 13.3. The second kappa shape index (κ2) is 9.37. The average Bonchev–Trinajstić information content (AvgIpc) is 3.10. The Morgan fingerprint density at radius 2 is 1.68 bits per heavy atom. The molecule has 1 amide bonds. The van der Waals surface area contributed by atoms with Crippen LogP contribution in [0.5, 0.6) is 11.5 Å². The van der Waals surface area contributed by atoms with Gasteiger partial charge >= 0.3 is 0 Å². The number of carbonyl (C=O) groups excluding carboxylic acids is 2. The lowest BCUT2D eigenvalue weighted by Gasteiger charge is -2.26. The molecule has 1 saturated heterocycles. The Morgan fingerprint density at radius 3 is 2.29 bits per heavy atom. The molecule has 0 spiro atoms. The zero-order valence-corrected chi connectivity index (χ0v) is 20.0. The minimum atomic E-state index is -0.923. The van der Waals surface area contributed by atoms with Crippen LogP contribution in [-0.4, -0.2) is 36.0 Å². The van der Waals surface area contributed by atoms with E-state index in [0.717, 1.165) is 5.56 Å². The number of ketones is 1. The molecule has 1 N–H and O–H groups in total. The number of aliphatic hydroxyl groups is 1. The number of amides is 1. The Labute approximate surface area is 206 Å². The van der Waals surface area contributed by atoms with Gasteiger partial charge in [-0.3, -0.25) is 19.5 Å². The molecule has 9 heteroatoms. The summed E-state index contributed by atoms with van der Waals surface area (Å²) in [6, 6.07) is 11.0. The lowest BCUT2D eigenvalue weighted by Crippen LogP contribution is -2.30. The maximum absolute atomic E-state index is 13.3. The molecular formula is C25H20Cl2N2O5. The predicted octanol–water partition coefficient (Wildman–Crippen LogP) is 5.34. The molecular weight excluding hydrogens is 479 g/mol. The highest BCUT2D eigenvalue weighted by molar-refractivity contribution is 6.52. The van der Waals surface area contributed by atoms with Crippen molar-refractivity contribution in [3.8, 4) is 11.5 Å². The smallest absolute Gasteiger partial charge is 0.300 e. The van der Waals surface area contributed by atoms with Crippen molar-refractivity contribution in [3.63, 3.8) is 0 Å². The Bertz CT molecular complexity index is 1320. The summed E-state index contributed by atoms with van der Waals surface area (Å²) in [5, 5.41) is 11.5. The van der Waals surface area contributed by atoms with E-state index < -0.39 is 23.5 Å². The van der Waals surface area contributed by atoms with Crippen molar-refractivity contribution in [2.45, 2.75) is 13.0 Å². The first kappa shape index (κ1) is 23.6. The molecule has 0 aliphatic carbocycles. The standard InChI is InChI=1S/C25H20Cl2N2O5/c1-13-6-4-5-7-17(13)29-20(14-8-10-28-11-9-14)18(22(31)25(29)32)21(30)15-12-16(26)24(34-3)19(27)23(15)33-2/h4-12,20,30H,1-3H3/b21-18+. The SMILES string of the molecule is COc1c(Cl)cc(/C(O)=C2\C(=O)C(=O)N(c3ccccc3C)C2c2ccncc2)c(OC)c1Cl. The van der Waals surface area contributed by atoms with Crippen LogP contribution in [0.1, 0.15) is 22.7 Å². The van der Waals surface area contributed by atoms with E-state index in [-0.39, 0.29) is 32.7 Å². The number of nitrogens with zero attached hydrogens (tertiary/aromatic N) is 2. The molecule has 1 aromatic heterocycles. The molecule has 1 aliphatic heterocycles. The van der Waals surface area contributed by atoms with Gasteiger partial charge in [0.2, 0.25) is 0 Å². The van der Waals surface area contributed by atoms with Gasteiger partial charge in [0.15, 0.2) is 11.5 Å². The summed E-state index contributed by atoms with van der Waals surface area (Å²) in [6.45, 7) is 1.84. The minimum absolute atomic E-state index is 0.0210. The predicted molar refractivity (Wildman–Crippen MR) is 130 cm³/mol. The number of para-hydroxylation sites is 1. The van der Waals surface area contributed by atoms with E-state index in [2.05, 4.69) is 4.98 Å². The number of pyridine rings is 1. The fourth-order valence-corrected chi connectivity index (χ4v) is 4.75. The topological polar surface area (TPSA) is 89.0 Å². The number of carbonyl (C=O) groups is 2. The van der Waals surface area contributed by atoms with E-state index in [1.165, 1.54) is 25.2 Å². The fourth-order valence-electron chi connectivity index (χ4n) is 4.07. The number of methoxy groups -OCH3 is 2. The number of aliphatic hydroxyl groups excluding tert-OH is 1. The molecule has 2 aromatic carbocycles. The van der Waals surface area contributed by atoms with E-state index in [9.17, 15) is 14.7 Å². The van der Waals surface area contributed by atoms with Gasteiger partial charge in [-0.15, -0.1) is 0 Å². The van der Waals surface area contributed by atoms with Crippen LogP contribution in [0.15, 0.2) is 60.4 Å². The Hall–Kier alpha value is -3.55. The van der Waals surface area contributed by atoms with Crippen molar-refractivity contribution < 1.29 is 24.2 Å². The first-order valence-electron chi connectivity index (χ1n) is 10.2. The van der Waals surface area contributed by atoms with Crippen LogP contribution in [0.3, 0.4) is 0 Å². The molecule has 1 fully saturated rings. The molecule has 0 bridgehead atoms. The van der Waals surface area contributed by atoms with Crippen LogP contribution < -0.4 is 14.4 Å². The van der Waals surface area contributed by atoms with Gasteiger partial charge in [-0.05, 0) is 42.3 Å². The second-order valence-electron chi connectivity index (χ2n) is 7.52. The van der Waals surface area contributed by atoms with Crippen LogP contribution in [0.25, 0.3) is 5.76 Å². The van der Waals surface area contributed by atoms with Crippen LogP contribution in [-0.2, 0) is 9.59 Å². The number of hydrogen-bond acceptors (Lipinski definition) is 6. The summed E-state index contributed by atoms with van der Waals surface area (Å²) in [7, 11) is 2.75. The number of ether oxygens (including phenoxy) is 2. The number of aromatic nitrogens is 1. The molecule has 7 nitrogen and oxygen atoms in total. The van der Waals surface area contributed by atoms with E-state index in [4.69, 9.17) is 32.7 Å². The van der Waals surface area contributed by atoms with Crippen molar-refractivity contribution in [2.24, 2.45) is 0 Å². The third kappa shape index (κ3) is 3.77. The van der Waals surface area contributed by atoms with Gasteiger partial charge in [-0.25, -0.2) is 0 Å². The van der Waals surface area contributed by atoms with Gasteiger partial charge in [0.25, 0.3) is 11.7 Å². The van der Waals surface area contributed by atoms with Crippen LogP contribution in [0.4, 0.5) is 5.69 Å². The number of rotatable bonds is 5. The van der Waals surface area contributed by atoms with Crippen molar-refractivity contribution in [1.82, 2.24) is 4.98 Å². The highest BCUT2D eigenvalue weighted by atomic mass is 35.5. The molecule has 1 unspecified atom stereocenters. The largest absolute Gasteiger partial charge is 0.507 e. The van der Waals surface area contributed by atoms with Gasteiger partial charge in [0.05, 0.1) is 36.4 Å². The highest BCUT2D eigenvalue weighted by Crippen LogP contribution is 2.48. The lowest BCUT2D eigenvalue weighted by atomic mass is 9.95. The molecule has 2 heterocycles. The number of anilines is 1. The van der Waals surface area contributed by atoms with Crippen molar-refractivity contribution >= 4 is 46.3 Å². The van der Waals surface area contributed by atoms with E-state index >= 15 is 0 Å². The van der Waals surface area contributed by atoms with Crippen LogP contribution in [0.2, 0.25) is 10.0 Å². The van der Waals surface area contributed by atoms with Gasteiger partial charge < -0.3 is 14.6 Å². The number of halogens is 2. The zero-order chi connectivity index (χ0) is 24.6. The number of hydrogen-bond donors (Lipinski definition) is 1. The van der Waals surface area contributed by atoms with Gasteiger partial charge in [-0.2, -0.15) is 0 Å². The quantitative estimate of drug-likeness (QED) is 0.290. The summed E-state index contributed by atoms with van der Waals surface area (Å²) in [5.74, 6) is -1.90. The molecule has 1 aliphatic rings. The summed E-state index contributed by atoms with van der Waals surface area (Å²) in [4.78, 5) is 32.0. The average molecular weight is 499 g/mol. The summed E-state index contributed by atoms with van der Waals surface area (Å²) < 4.78 is 10.6. The molecule has 34 heavy (non-hydrogen) atoms. The number of aryl methyl sites for hydroxylation is 1.